The summed E-state index contributed by atoms with van der Waals surface area (Å²) >= 11 is 0. The molecule has 3 nitrogen and oxygen atoms in total. The second kappa shape index (κ2) is 5.13. The van der Waals surface area contributed by atoms with Crippen molar-refractivity contribution in [3.63, 3.8) is 0 Å². The second-order valence-corrected chi connectivity index (χ2v) is 2.13. The number of carboxylic acid groups (broad SMARTS) is 1. The van der Waals surface area contributed by atoms with Crippen LogP contribution in [0.5, 0.6) is 0 Å². The zero-order chi connectivity index (χ0) is 8.27. The van der Waals surface area contributed by atoms with Crippen LogP contribution in [0, 0.1) is 0 Å². The van der Waals surface area contributed by atoms with Crippen molar-refractivity contribution in [2.24, 2.45) is 0 Å². The van der Waals surface area contributed by atoms with Gasteiger partial charge in [-0.15, -0.1) is 0 Å². The molecule has 1 aromatic carbocycles. The molecule has 0 unspecified atom stereocenters. The smallest absolute Gasteiger partial charge is 0.547 e. The third-order valence-corrected chi connectivity index (χ3v) is 1.34. The largest absolute Gasteiger partial charge is 2.00 e. The van der Waals surface area contributed by atoms with Gasteiger partial charge in [0.25, 0.3) is 0 Å². The van der Waals surface area contributed by atoms with Crippen LogP contribution in [0.1, 0.15) is 11.7 Å². The van der Waals surface area contributed by atoms with Crippen LogP contribution in [0.25, 0.3) is 0 Å². The number of aliphatic carboxylic acids is 1. The van der Waals surface area contributed by atoms with E-state index >= 15 is 0 Å². The summed E-state index contributed by atoms with van der Waals surface area (Å²) in [4.78, 5) is 10.1. The van der Waals surface area contributed by atoms with E-state index in [0.29, 0.717) is 5.56 Å². The number of carboxylic acids is 1. The summed E-state index contributed by atoms with van der Waals surface area (Å²) in [5.74, 6) is -1.48. The Hall–Kier alpha value is -0.584. The van der Waals surface area contributed by atoms with E-state index in [1.165, 1.54) is 12.1 Å². The summed E-state index contributed by atoms with van der Waals surface area (Å²) in [5.41, 5.74) is 0.340. The van der Waals surface area contributed by atoms with E-state index in [1.807, 2.05) is 0 Å². The van der Waals surface area contributed by atoms with Crippen LogP contribution in [0.4, 0.5) is 0 Å². The van der Waals surface area contributed by atoms with Gasteiger partial charge < -0.3 is 15.0 Å². The SMILES string of the molecule is O=C([O-])[C@H](O)c1ccccc1.[Mg+2]. The minimum absolute atomic E-state index is 0. The number of rotatable bonds is 2. The maximum atomic E-state index is 10.1. The third-order valence-electron chi connectivity index (χ3n) is 1.34. The Morgan fingerprint density at radius 1 is 1.33 bits per heavy atom. The molecule has 0 heterocycles. The standard InChI is InChI=1S/C8H8O3.Mg/c9-7(8(10)11)6-4-2-1-3-5-6;/h1-5,7,9H,(H,10,11);/q;+2/p-1/t7-;/m1./s1. The molecule has 0 aliphatic rings. The van der Waals surface area contributed by atoms with E-state index in [9.17, 15) is 9.90 Å². The fourth-order valence-corrected chi connectivity index (χ4v) is 0.771. The van der Waals surface area contributed by atoms with Crippen molar-refractivity contribution in [3.8, 4) is 0 Å². The van der Waals surface area contributed by atoms with Gasteiger partial charge in [-0.3, -0.25) is 0 Å². The normalized spacial score (nSPS) is 11.4. The molecule has 58 valence electrons. The quantitative estimate of drug-likeness (QED) is 0.592. The Bertz CT molecular complexity index is 248. The van der Waals surface area contributed by atoms with Gasteiger partial charge in [-0.05, 0) is 5.56 Å². The molecule has 1 N–H and O–H groups in total. The molecule has 1 rings (SSSR count). The molecule has 0 saturated carbocycles. The fraction of sp³-hybridized carbons (Fsp3) is 0.125. The summed E-state index contributed by atoms with van der Waals surface area (Å²) in [6.07, 6.45) is -1.52. The Balaban J connectivity index is 0.00000121. The van der Waals surface area contributed by atoms with Crippen molar-refractivity contribution >= 4 is 29.0 Å². The topological polar surface area (TPSA) is 60.4 Å². The van der Waals surface area contributed by atoms with Gasteiger partial charge in [0.15, 0.2) is 0 Å². The van der Waals surface area contributed by atoms with E-state index in [2.05, 4.69) is 0 Å². The van der Waals surface area contributed by atoms with Crippen LogP contribution in [-0.4, -0.2) is 34.1 Å². The van der Waals surface area contributed by atoms with Crippen LogP contribution < -0.4 is 5.11 Å². The first-order chi connectivity index (χ1) is 5.22. The predicted molar refractivity (Wildman–Crippen MR) is 42.2 cm³/mol. The van der Waals surface area contributed by atoms with E-state index < -0.39 is 12.1 Å². The van der Waals surface area contributed by atoms with Gasteiger partial charge in [0.05, 0.1) is 5.97 Å². The van der Waals surface area contributed by atoms with Gasteiger partial charge in [-0.1, -0.05) is 30.3 Å². The van der Waals surface area contributed by atoms with Crippen LogP contribution in [0.15, 0.2) is 30.3 Å². The van der Waals surface area contributed by atoms with Crippen molar-refractivity contribution in [3.05, 3.63) is 35.9 Å². The van der Waals surface area contributed by atoms with E-state index in [-0.39, 0.29) is 23.1 Å². The van der Waals surface area contributed by atoms with Gasteiger partial charge in [0, 0.05) is 0 Å². The molecule has 4 heteroatoms. The van der Waals surface area contributed by atoms with Crippen molar-refractivity contribution in [1.29, 1.82) is 0 Å². The molecule has 0 saturated heterocycles. The van der Waals surface area contributed by atoms with Crippen molar-refractivity contribution in [2.45, 2.75) is 6.10 Å². The number of aliphatic hydroxyl groups excluding tert-OH is 1. The molecule has 0 amide bonds. The molecule has 12 heavy (non-hydrogen) atoms. The summed E-state index contributed by atoms with van der Waals surface area (Å²) in [7, 11) is 0. The van der Waals surface area contributed by atoms with Crippen molar-refractivity contribution < 1.29 is 15.0 Å². The molecule has 0 aromatic heterocycles. The molecule has 1 atom stereocenters. The molecular weight excluding hydrogens is 168 g/mol. The van der Waals surface area contributed by atoms with Gasteiger partial charge in [0.2, 0.25) is 0 Å². The summed E-state index contributed by atoms with van der Waals surface area (Å²) < 4.78 is 0. The zero-order valence-corrected chi connectivity index (χ0v) is 7.85. The number of benzene rings is 1. The summed E-state index contributed by atoms with van der Waals surface area (Å²) in [5, 5.41) is 19.1. The van der Waals surface area contributed by atoms with Crippen molar-refractivity contribution in [1.82, 2.24) is 0 Å². The van der Waals surface area contributed by atoms with Gasteiger partial charge >= 0.3 is 23.1 Å². The molecule has 0 aliphatic carbocycles. The summed E-state index contributed by atoms with van der Waals surface area (Å²) in [6.45, 7) is 0. The Morgan fingerprint density at radius 2 is 1.83 bits per heavy atom. The van der Waals surface area contributed by atoms with E-state index in [0.717, 1.165) is 0 Å². The number of aliphatic hydroxyl groups is 1. The van der Waals surface area contributed by atoms with Gasteiger partial charge in [-0.2, -0.15) is 0 Å². The molecule has 0 bridgehead atoms. The second-order valence-electron chi connectivity index (χ2n) is 2.13. The summed E-state index contributed by atoms with van der Waals surface area (Å²) in [6, 6.07) is 8.11. The van der Waals surface area contributed by atoms with Crippen LogP contribution in [-0.2, 0) is 4.79 Å². The Kier molecular flexibility index (Phi) is 4.88. The maximum Gasteiger partial charge on any atom is 2.00 e. The molecule has 0 spiro atoms. The van der Waals surface area contributed by atoms with Crippen LogP contribution in [0.2, 0.25) is 0 Å². The molecule has 0 fully saturated rings. The van der Waals surface area contributed by atoms with E-state index in [4.69, 9.17) is 5.11 Å². The fourth-order valence-electron chi connectivity index (χ4n) is 0.771. The number of carbonyl (C=O) groups is 1. The average Bonchev–Trinajstić information content (AvgIpc) is 2.05. The van der Waals surface area contributed by atoms with E-state index in [1.54, 1.807) is 18.2 Å². The van der Waals surface area contributed by atoms with Gasteiger partial charge in [0.1, 0.15) is 6.10 Å². The third kappa shape index (κ3) is 2.81. The minimum Gasteiger partial charge on any atom is -0.547 e. The van der Waals surface area contributed by atoms with Gasteiger partial charge in [-0.25, -0.2) is 0 Å². The first kappa shape index (κ1) is 11.4. The maximum absolute atomic E-state index is 10.1. The first-order valence-corrected chi connectivity index (χ1v) is 3.15. The molecule has 0 radical (unpaired) electrons. The zero-order valence-electron chi connectivity index (χ0n) is 6.43. The number of carbonyl (C=O) groups excluding carboxylic acids is 1. The molecule has 0 aliphatic heterocycles. The average molecular weight is 175 g/mol. The minimum atomic E-state index is -1.52. The number of hydrogen-bond donors (Lipinski definition) is 1. The Labute approximate surface area is 86.2 Å². The predicted octanol–water partition coefficient (Wildman–Crippen LogP) is -0.911. The number of hydrogen-bond acceptors (Lipinski definition) is 3. The van der Waals surface area contributed by atoms with Crippen LogP contribution in [0.3, 0.4) is 0 Å². The van der Waals surface area contributed by atoms with Crippen LogP contribution >= 0.6 is 0 Å². The van der Waals surface area contributed by atoms with Crippen molar-refractivity contribution in [2.75, 3.05) is 0 Å². The molecule has 1 aromatic rings. The first-order valence-electron chi connectivity index (χ1n) is 3.15. The Morgan fingerprint density at radius 3 is 2.25 bits per heavy atom. The monoisotopic (exact) mass is 175 g/mol. The molecular formula is C8H7MgO3+.